The summed E-state index contributed by atoms with van der Waals surface area (Å²) < 4.78 is 6.40. The van der Waals surface area contributed by atoms with E-state index in [1.807, 2.05) is 0 Å². The number of aromatic nitrogens is 2. The van der Waals surface area contributed by atoms with E-state index in [1.54, 1.807) is 0 Å². The minimum Gasteiger partial charge on any atom is -0.381 e. The summed E-state index contributed by atoms with van der Waals surface area (Å²) in [6, 6.07) is 1.22. The van der Waals surface area contributed by atoms with E-state index in [-0.39, 0.29) is 10.7 Å². The van der Waals surface area contributed by atoms with E-state index in [2.05, 4.69) is 4.98 Å². The van der Waals surface area contributed by atoms with Crippen molar-refractivity contribution in [1.29, 1.82) is 0 Å². The van der Waals surface area contributed by atoms with Crippen molar-refractivity contribution in [2.45, 2.75) is 19.4 Å². The molecule has 0 radical (unpaired) electrons. The van der Waals surface area contributed by atoms with E-state index in [9.17, 15) is 9.59 Å². The molecule has 1 aliphatic rings. The summed E-state index contributed by atoms with van der Waals surface area (Å²) in [6.07, 6.45) is 1.78. The summed E-state index contributed by atoms with van der Waals surface area (Å²) in [6.45, 7) is 1.91. The number of hydrogen-bond donors (Lipinski definition) is 1. The van der Waals surface area contributed by atoms with Gasteiger partial charge in [0.05, 0.1) is 0 Å². The van der Waals surface area contributed by atoms with Gasteiger partial charge in [0.2, 0.25) is 0 Å². The summed E-state index contributed by atoms with van der Waals surface area (Å²) in [5.41, 5.74) is -0.802. The number of nitrogens with one attached hydrogen (secondary N) is 1. The fourth-order valence-corrected chi connectivity index (χ4v) is 2.00. The lowest BCUT2D eigenvalue weighted by atomic mass is 10.1. The Kier molecular flexibility index (Phi) is 3.46. The molecule has 0 aliphatic carbocycles. The second-order valence-electron chi connectivity index (χ2n) is 3.93. The SMILES string of the molecule is O=c1cc(Cl)[nH]c(=O)n1CCC1CCOC1. The first-order chi connectivity index (χ1) is 7.66. The molecule has 2 heterocycles. The number of halogens is 1. The maximum absolute atomic E-state index is 11.5. The first-order valence-electron chi connectivity index (χ1n) is 5.24. The maximum atomic E-state index is 11.5. The average molecular weight is 245 g/mol. The molecule has 5 nitrogen and oxygen atoms in total. The monoisotopic (exact) mass is 244 g/mol. The van der Waals surface area contributed by atoms with Gasteiger partial charge in [-0.25, -0.2) is 4.79 Å². The standard InChI is InChI=1S/C10H13ClN2O3/c11-8-5-9(14)13(10(15)12-8)3-1-7-2-4-16-6-7/h5,7H,1-4,6H2,(H,12,15). The number of H-pyrrole nitrogens is 1. The Hall–Kier alpha value is -1.07. The van der Waals surface area contributed by atoms with Crippen molar-refractivity contribution < 1.29 is 4.74 Å². The van der Waals surface area contributed by atoms with E-state index in [4.69, 9.17) is 16.3 Å². The highest BCUT2D eigenvalue weighted by molar-refractivity contribution is 6.29. The zero-order valence-corrected chi connectivity index (χ0v) is 9.50. The van der Waals surface area contributed by atoms with Gasteiger partial charge in [-0.1, -0.05) is 11.6 Å². The van der Waals surface area contributed by atoms with E-state index in [1.165, 1.54) is 10.6 Å². The van der Waals surface area contributed by atoms with E-state index >= 15 is 0 Å². The zero-order valence-electron chi connectivity index (χ0n) is 8.74. The van der Waals surface area contributed by atoms with E-state index in [0.29, 0.717) is 12.5 Å². The normalized spacial score (nSPS) is 20.2. The Morgan fingerprint density at radius 1 is 1.56 bits per heavy atom. The first-order valence-corrected chi connectivity index (χ1v) is 5.62. The smallest absolute Gasteiger partial charge is 0.329 e. The fourth-order valence-electron chi connectivity index (χ4n) is 1.83. The third-order valence-electron chi connectivity index (χ3n) is 2.77. The Bertz CT molecular complexity index is 442. The van der Waals surface area contributed by atoms with Gasteiger partial charge in [0.1, 0.15) is 5.15 Å². The molecule has 1 aliphatic heterocycles. The van der Waals surface area contributed by atoms with Crippen molar-refractivity contribution in [3.63, 3.8) is 0 Å². The lowest BCUT2D eigenvalue weighted by molar-refractivity contribution is 0.183. The minimum atomic E-state index is -0.448. The minimum absolute atomic E-state index is 0.0791. The first kappa shape index (κ1) is 11.4. The molecule has 0 amide bonds. The molecule has 2 rings (SSSR count). The Labute approximate surface area is 97.0 Å². The van der Waals surface area contributed by atoms with Crippen LogP contribution in [0.4, 0.5) is 0 Å². The molecule has 16 heavy (non-hydrogen) atoms. The van der Waals surface area contributed by atoms with Crippen molar-refractivity contribution in [2.75, 3.05) is 13.2 Å². The molecule has 0 spiro atoms. The zero-order chi connectivity index (χ0) is 11.5. The molecular formula is C10H13ClN2O3. The third kappa shape index (κ3) is 2.54. The lowest BCUT2D eigenvalue weighted by Crippen LogP contribution is -2.35. The van der Waals surface area contributed by atoms with Crippen LogP contribution in [0.2, 0.25) is 5.15 Å². The number of nitrogens with zero attached hydrogens (tertiary/aromatic N) is 1. The van der Waals surface area contributed by atoms with Gasteiger partial charge in [-0.2, -0.15) is 0 Å². The van der Waals surface area contributed by atoms with Crippen LogP contribution in [0.15, 0.2) is 15.7 Å². The quantitative estimate of drug-likeness (QED) is 0.793. The molecule has 1 atom stereocenters. The average Bonchev–Trinajstić information content (AvgIpc) is 2.68. The molecule has 0 saturated carbocycles. The van der Waals surface area contributed by atoms with Crippen LogP contribution in [0, 0.1) is 5.92 Å². The van der Waals surface area contributed by atoms with Gasteiger partial charge in [0, 0.05) is 25.8 Å². The second kappa shape index (κ2) is 4.84. The van der Waals surface area contributed by atoms with Gasteiger partial charge in [-0.3, -0.25) is 14.3 Å². The van der Waals surface area contributed by atoms with Gasteiger partial charge in [-0.15, -0.1) is 0 Å². The maximum Gasteiger partial charge on any atom is 0.329 e. The molecule has 1 fully saturated rings. The molecule has 1 aromatic heterocycles. The van der Waals surface area contributed by atoms with E-state index in [0.717, 1.165) is 26.1 Å². The second-order valence-corrected chi connectivity index (χ2v) is 4.34. The highest BCUT2D eigenvalue weighted by Crippen LogP contribution is 2.16. The highest BCUT2D eigenvalue weighted by atomic mass is 35.5. The van der Waals surface area contributed by atoms with E-state index < -0.39 is 5.69 Å². The highest BCUT2D eigenvalue weighted by Gasteiger charge is 2.16. The number of hydrogen-bond acceptors (Lipinski definition) is 3. The van der Waals surface area contributed by atoms with Crippen LogP contribution in [0.5, 0.6) is 0 Å². The van der Waals surface area contributed by atoms with Gasteiger partial charge in [0.15, 0.2) is 0 Å². The third-order valence-corrected chi connectivity index (χ3v) is 2.98. The molecule has 0 aromatic carbocycles. The van der Waals surface area contributed by atoms with Crippen LogP contribution in [0.25, 0.3) is 0 Å². The van der Waals surface area contributed by atoms with Gasteiger partial charge in [-0.05, 0) is 18.8 Å². The van der Waals surface area contributed by atoms with Crippen molar-refractivity contribution in [1.82, 2.24) is 9.55 Å². The van der Waals surface area contributed by atoms with Crippen LogP contribution >= 0.6 is 11.6 Å². The number of rotatable bonds is 3. The Balaban J connectivity index is 2.09. The van der Waals surface area contributed by atoms with Crippen LogP contribution in [0.1, 0.15) is 12.8 Å². The van der Waals surface area contributed by atoms with Crippen molar-refractivity contribution >= 4 is 11.6 Å². The lowest BCUT2D eigenvalue weighted by Gasteiger charge is -2.08. The molecule has 1 aromatic rings. The molecule has 1 N–H and O–H groups in total. The Morgan fingerprint density at radius 3 is 3.00 bits per heavy atom. The van der Waals surface area contributed by atoms with Gasteiger partial charge < -0.3 is 4.74 Å². The van der Waals surface area contributed by atoms with Crippen molar-refractivity contribution in [2.24, 2.45) is 5.92 Å². The molecule has 6 heteroatoms. The predicted octanol–water partition coefficient (Wildman–Crippen LogP) is 0.617. The van der Waals surface area contributed by atoms with Crippen molar-refractivity contribution in [3.05, 3.63) is 32.1 Å². The number of aromatic amines is 1. The Morgan fingerprint density at radius 2 is 2.38 bits per heavy atom. The largest absolute Gasteiger partial charge is 0.381 e. The molecule has 1 unspecified atom stereocenters. The van der Waals surface area contributed by atoms with Gasteiger partial charge in [0.25, 0.3) is 5.56 Å². The summed E-state index contributed by atoms with van der Waals surface area (Å²) in [4.78, 5) is 25.3. The van der Waals surface area contributed by atoms with Crippen LogP contribution in [0.3, 0.4) is 0 Å². The molecule has 0 bridgehead atoms. The number of ether oxygens (including phenoxy) is 1. The summed E-state index contributed by atoms with van der Waals surface area (Å²) in [5.74, 6) is 0.446. The molecule has 1 saturated heterocycles. The predicted molar refractivity (Wildman–Crippen MR) is 59.9 cm³/mol. The van der Waals surface area contributed by atoms with Crippen molar-refractivity contribution in [3.8, 4) is 0 Å². The summed E-state index contributed by atoms with van der Waals surface area (Å²) in [7, 11) is 0. The van der Waals surface area contributed by atoms with Gasteiger partial charge >= 0.3 is 5.69 Å². The topological polar surface area (TPSA) is 64.1 Å². The molecule has 88 valence electrons. The molecular weight excluding hydrogens is 232 g/mol. The summed E-state index contributed by atoms with van der Waals surface area (Å²) >= 11 is 5.56. The van der Waals surface area contributed by atoms with Crippen LogP contribution in [-0.2, 0) is 11.3 Å². The van der Waals surface area contributed by atoms with Crippen LogP contribution < -0.4 is 11.2 Å². The summed E-state index contributed by atoms with van der Waals surface area (Å²) in [5, 5.41) is 0.0791. The van der Waals surface area contributed by atoms with Crippen LogP contribution in [-0.4, -0.2) is 22.8 Å². The fraction of sp³-hybridized carbons (Fsp3) is 0.600.